The zero-order valence-electron chi connectivity index (χ0n) is 8.52. The van der Waals surface area contributed by atoms with E-state index in [1.165, 1.54) is 0 Å². The van der Waals surface area contributed by atoms with Crippen LogP contribution in [0.3, 0.4) is 0 Å². The fraction of sp³-hybridized carbons (Fsp3) is 0.889. The fourth-order valence-electron chi connectivity index (χ4n) is 0. The lowest BCUT2D eigenvalue weighted by atomic mass is 9.91. The largest absolute Gasteiger partial charge is 0.393 e. The summed E-state index contributed by atoms with van der Waals surface area (Å²) in [5, 5.41) is 15.4. The number of hydrogen-bond acceptors (Lipinski definition) is 2. The molecule has 0 aliphatic rings. The van der Waals surface area contributed by atoms with Gasteiger partial charge in [-0.2, -0.15) is 0 Å². The summed E-state index contributed by atoms with van der Waals surface area (Å²) in [7, 11) is 0. The van der Waals surface area contributed by atoms with Crippen molar-refractivity contribution in [3.05, 3.63) is 0 Å². The molecule has 0 heterocycles. The van der Waals surface area contributed by atoms with Gasteiger partial charge >= 0.3 is 0 Å². The van der Waals surface area contributed by atoms with Crippen molar-refractivity contribution in [2.24, 2.45) is 5.41 Å². The first-order valence-corrected chi connectivity index (χ1v) is 3.87. The molecule has 1 unspecified atom stereocenters. The maximum atomic E-state index is 8.89. The van der Waals surface area contributed by atoms with Crippen LogP contribution in [0.1, 0.15) is 41.5 Å². The Morgan fingerprint density at radius 3 is 1.36 bits per heavy atom. The van der Waals surface area contributed by atoms with Gasteiger partial charge in [-0.1, -0.05) is 20.8 Å². The molecule has 0 rings (SSSR count). The summed E-state index contributed by atoms with van der Waals surface area (Å²) in [6, 6.07) is 0. The zero-order valence-corrected chi connectivity index (χ0v) is 8.52. The van der Waals surface area contributed by atoms with Crippen molar-refractivity contribution in [1.82, 2.24) is 0 Å². The molecule has 2 N–H and O–H groups in total. The van der Waals surface area contributed by atoms with E-state index >= 15 is 0 Å². The first-order chi connectivity index (χ1) is 4.68. The highest BCUT2D eigenvalue weighted by atomic mass is 16.3. The van der Waals surface area contributed by atoms with Gasteiger partial charge in [-0.15, -0.1) is 0 Å². The summed E-state index contributed by atoms with van der Waals surface area (Å²) >= 11 is 0. The molecule has 0 amide bonds. The van der Waals surface area contributed by atoms with Gasteiger partial charge in [0.1, 0.15) is 0 Å². The molecule has 0 aromatic carbocycles. The average molecular weight is 159 g/mol. The van der Waals surface area contributed by atoms with E-state index in [0.717, 1.165) is 0 Å². The van der Waals surface area contributed by atoms with E-state index in [0.29, 0.717) is 5.71 Å². The van der Waals surface area contributed by atoms with E-state index in [-0.39, 0.29) is 11.5 Å². The Labute approximate surface area is 70.1 Å². The number of aliphatic hydroxyl groups is 1. The molecule has 0 saturated heterocycles. The topological polar surface area (TPSA) is 44.1 Å². The average Bonchev–Trinajstić information content (AvgIpc) is 1.59. The Hall–Kier alpha value is -0.370. The normalized spacial score (nSPS) is 13.0. The monoisotopic (exact) mass is 159 g/mol. The van der Waals surface area contributed by atoms with Gasteiger partial charge in [0.2, 0.25) is 0 Å². The summed E-state index contributed by atoms with van der Waals surface area (Å²) in [6.07, 6.45) is -0.201. The van der Waals surface area contributed by atoms with Crippen LogP contribution in [-0.2, 0) is 0 Å². The minimum Gasteiger partial charge on any atom is -0.393 e. The van der Waals surface area contributed by atoms with Gasteiger partial charge in [0.15, 0.2) is 0 Å². The van der Waals surface area contributed by atoms with E-state index in [4.69, 9.17) is 10.5 Å². The molecule has 0 spiro atoms. The van der Waals surface area contributed by atoms with E-state index in [1.54, 1.807) is 20.8 Å². The van der Waals surface area contributed by atoms with Crippen molar-refractivity contribution in [1.29, 1.82) is 5.41 Å². The Kier molecular flexibility index (Phi) is 6.38. The third-order valence-electron chi connectivity index (χ3n) is 1.25. The number of rotatable bonds is 0. The van der Waals surface area contributed by atoms with Crippen LogP contribution in [0.15, 0.2) is 0 Å². The van der Waals surface area contributed by atoms with Gasteiger partial charge in [0.05, 0.1) is 6.10 Å². The second-order valence-electron chi connectivity index (χ2n) is 4.04. The molecule has 2 nitrogen and oxygen atoms in total. The lowest BCUT2D eigenvalue weighted by Gasteiger charge is -2.21. The van der Waals surface area contributed by atoms with E-state index in [1.807, 2.05) is 20.8 Å². The Morgan fingerprint density at radius 1 is 1.27 bits per heavy atom. The second-order valence-corrected chi connectivity index (χ2v) is 4.04. The molecular formula is C9H21NO. The van der Waals surface area contributed by atoms with Gasteiger partial charge in [-0.3, -0.25) is 0 Å². The van der Waals surface area contributed by atoms with Gasteiger partial charge < -0.3 is 10.5 Å². The number of hydrogen-bond donors (Lipinski definition) is 2. The van der Waals surface area contributed by atoms with Crippen LogP contribution in [0.25, 0.3) is 0 Å². The minimum absolute atomic E-state index is 0.0556. The summed E-state index contributed by atoms with van der Waals surface area (Å²) in [5.74, 6) is 0. The summed E-state index contributed by atoms with van der Waals surface area (Å²) < 4.78 is 0. The van der Waals surface area contributed by atoms with Gasteiger partial charge in [-0.25, -0.2) is 0 Å². The molecular weight excluding hydrogens is 138 g/mol. The highest BCUT2D eigenvalue weighted by Gasteiger charge is 2.15. The lowest BCUT2D eigenvalue weighted by molar-refractivity contribution is 0.0801. The van der Waals surface area contributed by atoms with Crippen LogP contribution in [-0.4, -0.2) is 16.9 Å². The molecule has 0 aromatic heterocycles. The molecule has 0 fully saturated rings. The molecule has 0 radical (unpaired) electrons. The Morgan fingerprint density at radius 2 is 1.36 bits per heavy atom. The predicted octanol–water partition coefficient (Wildman–Crippen LogP) is 2.46. The molecule has 1 atom stereocenters. The van der Waals surface area contributed by atoms with Crippen LogP contribution < -0.4 is 0 Å². The van der Waals surface area contributed by atoms with E-state index in [2.05, 4.69) is 0 Å². The molecule has 2 heteroatoms. The van der Waals surface area contributed by atoms with Crippen LogP contribution in [0.2, 0.25) is 0 Å². The third-order valence-corrected chi connectivity index (χ3v) is 1.25. The molecule has 0 aliphatic heterocycles. The third kappa shape index (κ3) is 17.7. The van der Waals surface area contributed by atoms with Gasteiger partial charge in [0.25, 0.3) is 0 Å². The van der Waals surface area contributed by atoms with Crippen LogP contribution in [0.4, 0.5) is 0 Å². The maximum Gasteiger partial charge on any atom is 0.0560 e. The first-order valence-electron chi connectivity index (χ1n) is 3.87. The van der Waals surface area contributed by atoms with Crippen molar-refractivity contribution in [3.63, 3.8) is 0 Å². The second kappa shape index (κ2) is 5.30. The van der Waals surface area contributed by atoms with Crippen molar-refractivity contribution >= 4 is 5.71 Å². The standard InChI is InChI=1S/C6H14O.C3H7N/c1-5(7)6(2,3)4;1-3(2)4/h5,7H,1-4H3;4H,1-2H3. The summed E-state index contributed by atoms with van der Waals surface area (Å²) in [6.45, 7) is 11.3. The Balaban J connectivity index is 0. The molecule has 68 valence electrons. The molecule has 11 heavy (non-hydrogen) atoms. The Bertz CT molecular complexity index is 107. The summed E-state index contributed by atoms with van der Waals surface area (Å²) in [5.41, 5.74) is 0.722. The quantitative estimate of drug-likeness (QED) is 0.524. The lowest BCUT2D eigenvalue weighted by Crippen LogP contribution is -2.21. The smallest absolute Gasteiger partial charge is 0.0560 e. The van der Waals surface area contributed by atoms with Crippen molar-refractivity contribution in [3.8, 4) is 0 Å². The molecule has 0 aliphatic carbocycles. The van der Waals surface area contributed by atoms with Crippen molar-refractivity contribution in [2.45, 2.75) is 47.6 Å². The highest BCUT2D eigenvalue weighted by Crippen LogP contribution is 2.17. The SMILES string of the molecule is CC(C)=N.CC(O)C(C)(C)C. The van der Waals surface area contributed by atoms with Crippen LogP contribution >= 0.6 is 0 Å². The molecule has 0 bridgehead atoms. The fourth-order valence-corrected chi connectivity index (χ4v) is 0. The van der Waals surface area contributed by atoms with Gasteiger partial charge in [0, 0.05) is 5.71 Å². The van der Waals surface area contributed by atoms with Crippen molar-refractivity contribution in [2.75, 3.05) is 0 Å². The molecule has 0 aromatic rings. The van der Waals surface area contributed by atoms with Crippen LogP contribution in [0.5, 0.6) is 0 Å². The van der Waals surface area contributed by atoms with Crippen LogP contribution in [0, 0.1) is 10.8 Å². The number of nitrogens with one attached hydrogen (secondary N) is 1. The highest BCUT2D eigenvalue weighted by molar-refractivity contribution is 5.75. The minimum atomic E-state index is -0.201. The maximum absolute atomic E-state index is 8.89. The summed E-state index contributed by atoms with van der Waals surface area (Å²) in [4.78, 5) is 0. The first kappa shape index (κ1) is 13.2. The van der Waals surface area contributed by atoms with Crippen molar-refractivity contribution < 1.29 is 5.11 Å². The van der Waals surface area contributed by atoms with Gasteiger partial charge in [-0.05, 0) is 26.2 Å². The number of aliphatic hydroxyl groups excluding tert-OH is 1. The van der Waals surface area contributed by atoms with E-state index < -0.39 is 0 Å². The molecule has 0 saturated carbocycles. The zero-order chi connectivity index (χ0) is 9.65. The predicted molar refractivity (Wildman–Crippen MR) is 50.2 cm³/mol. The van der Waals surface area contributed by atoms with E-state index in [9.17, 15) is 0 Å².